The predicted molar refractivity (Wildman–Crippen MR) is 90.8 cm³/mol. The van der Waals surface area contributed by atoms with Gasteiger partial charge in [0, 0.05) is 15.5 Å². The first kappa shape index (κ1) is 17.2. The number of hydrazine groups is 1. The SMILES string of the molecule is COc1cccc(SCC(=O)NNC(=O)c2ccc(Cl)cc2)c1. The molecule has 0 aliphatic rings. The van der Waals surface area contributed by atoms with E-state index >= 15 is 0 Å². The van der Waals surface area contributed by atoms with Crippen LogP contribution in [0.2, 0.25) is 5.02 Å². The molecule has 2 aromatic carbocycles. The molecule has 0 fully saturated rings. The first-order valence-electron chi connectivity index (χ1n) is 6.70. The van der Waals surface area contributed by atoms with E-state index in [1.165, 1.54) is 11.8 Å². The first-order chi connectivity index (χ1) is 11.1. The van der Waals surface area contributed by atoms with E-state index in [0.29, 0.717) is 10.6 Å². The summed E-state index contributed by atoms with van der Waals surface area (Å²) in [5, 5.41) is 0.542. The third-order valence-corrected chi connectivity index (χ3v) is 4.08. The van der Waals surface area contributed by atoms with Crippen LogP contribution in [0, 0.1) is 0 Å². The van der Waals surface area contributed by atoms with Crippen molar-refractivity contribution in [1.29, 1.82) is 0 Å². The van der Waals surface area contributed by atoms with Gasteiger partial charge in [0.05, 0.1) is 12.9 Å². The molecular formula is C16H15ClN2O3S. The summed E-state index contributed by atoms with van der Waals surface area (Å²) in [7, 11) is 1.59. The van der Waals surface area contributed by atoms with E-state index in [9.17, 15) is 9.59 Å². The van der Waals surface area contributed by atoms with Gasteiger partial charge in [0.1, 0.15) is 5.75 Å². The molecule has 0 bridgehead atoms. The lowest BCUT2D eigenvalue weighted by Crippen LogP contribution is -2.42. The van der Waals surface area contributed by atoms with Crippen LogP contribution >= 0.6 is 23.4 Å². The van der Waals surface area contributed by atoms with E-state index in [-0.39, 0.29) is 11.7 Å². The molecule has 0 aliphatic heterocycles. The molecule has 0 aliphatic carbocycles. The summed E-state index contributed by atoms with van der Waals surface area (Å²) in [6, 6.07) is 13.8. The van der Waals surface area contributed by atoms with Gasteiger partial charge < -0.3 is 4.74 Å². The minimum Gasteiger partial charge on any atom is -0.497 e. The van der Waals surface area contributed by atoms with Crippen molar-refractivity contribution in [2.45, 2.75) is 4.90 Å². The van der Waals surface area contributed by atoms with E-state index in [1.807, 2.05) is 24.3 Å². The number of nitrogens with one attached hydrogen (secondary N) is 2. The Bertz CT molecular complexity index is 692. The third kappa shape index (κ3) is 5.50. The molecule has 0 saturated carbocycles. The summed E-state index contributed by atoms with van der Waals surface area (Å²) in [6.45, 7) is 0. The number of halogens is 1. The van der Waals surface area contributed by atoms with Gasteiger partial charge in [-0.25, -0.2) is 0 Å². The minimum atomic E-state index is -0.401. The fraction of sp³-hybridized carbons (Fsp3) is 0.125. The molecule has 7 heteroatoms. The van der Waals surface area contributed by atoms with Gasteiger partial charge in [0.2, 0.25) is 5.91 Å². The zero-order valence-electron chi connectivity index (χ0n) is 12.3. The molecule has 120 valence electrons. The smallest absolute Gasteiger partial charge is 0.269 e. The Morgan fingerprint density at radius 3 is 2.57 bits per heavy atom. The summed E-state index contributed by atoms with van der Waals surface area (Å²) in [6.07, 6.45) is 0. The topological polar surface area (TPSA) is 67.4 Å². The maximum absolute atomic E-state index is 11.8. The van der Waals surface area contributed by atoms with Crippen LogP contribution in [0.1, 0.15) is 10.4 Å². The highest BCUT2D eigenvalue weighted by Crippen LogP contribution is 2.22. The summed E-state index contributed by atoms with van der Waals surface area (Å²) in [5.74, 6) is 0.196. The number of benzene rings is 2. The van der Waals surface area contributed by atoms with E-state index in [2.05, 4.69) is 10.9 Å². The number of thioether (sulfide) groups is 1. The van der Waals surface area contributed by atoms with Crippen molar-refractivity contribution < 1.29 is 14.3 Å². The molecule has 0 aromatic heterocycles. The maximum Gasteiger partial charge on any atom is 0.269 e. The molecular weight excluding hydrogens is 336 g/mol. The Kier molecular flexibility index (Phi) is 6.31. The lowest BCUT2D eigenvalue weighted by molar-refractivity contribution is -0.119. The number of methoxy groups -OCH3 is 1. The quantitative estimate of drug-likeness (QED) is 0.642. The van der Waals surface area contributed by atoms with Gasteiger partial charge in [-0.2, -0.15) is 0 Å². The van der Waals surface area contributed by atoms with Crippen LogP contribution in [0.15, 0.2) is 53.4 Å². The molecule has 2 amide bonds. The second-order valence-corrected chi connectivity index (χ2v) is 5.96. The molecule has 23 heavy (non-hydrogen) atoms. The van der Waals surface area contributed by atoms with Crippen molar-refractivity contribution in [3.05, 3.63) is 59.1 Å². The molecule has 0 spiro atoms. The predicted octanol–water partition coefficient (Wildman–Crippen LogP) is 2.90. The first-order valence-corrected chi connectivity index (χ1v) is 8.06. The number of hydrogen-bond acceptors (Lipinski definition) is 4. The van der Waals surface area contributed by atoms with Crippen LogP contribution in [-0.2, 0) is 4.79 Å². The van der Waals surface area contributed by atoms with Gasteiger partial charge in [-0.1, -0.05) is 17.7 Å². The van der Waals surface area contributed by atoms with Crippen LogP contribution in [0.4, 0.5) is 0 Å². The van der Waals surface area contributed by atoms with Crippen LogP contribution in [0.25, 0.3) is 0 Å². The fourth-order valence-electron chi connectivity index (χ4n) is 1.68. The zero-order chi connectivity index (χ0) is 16.7. The Labute approximate surface area is 143 Å². The number of amides is 2. The van der Waals surface area contributed by atoms with Crippen LogP contribution in [0.5, 0.6) is 5.75 Å². The molecule has 0 saturated heterocycles. The molecule has 5 nitrogen and oxygen atoms in total. The van der Waals surface area contributed by atoms with Gasteiger partial charge >= 0.3 is 0 Å². The van der Waals surface area contributed by atoms with Gasteiger partial charge in [-0.15, -0.1) is 11.8 Å². The van der Waals surface area contributed by atoms with Crippen molar-refractivity contribution in [1.82, 2.24) is 10.9 Å². The molecule has 0 radical (unpaired) electrons. The van der Waals surface area contributed by atoms with Crippen molar-refractivity contribution in [2.75, 3.05) is 12.9 Å². The average Bonchev–Trinajstić information content (AvgIpc) is 2.58. The normalized spacial score (nSPS) is 10.0. The van der Waals surface area contributed by atoms with Crippen molar-refractivity contribution in [3.8, 4) is 5.75 Å². The lowest BCUT2D eigenvalue weighted by atomic mass is 10.2. The number of carbonyl (C=O) groups excluding carboxylic acids is 2. The fourth-order valence-corrected chi connectivity index (χ4v) is 2.55. The highest BCUT2D eigenvalue weighted by atomic mass is 35.5. The van der Waals surface area contributed by atoms with Gasteiger partial charge in [0.25, 0.3) is 5.91 Å². The number of rotatable bonds is 5. The Balaban J connectivity index is 1.78. The van der Waals surface area contributed by atoms with Gasteiger partial charge in [-0.3, -0.25) is 20.4 Å². The summed E-state index contributed by atoms with van der Waals surface area (Å²) >= 11 is 7.10. The number of carbonyl (C=O) groups is 2. The standard InChI is InChI=1S/C16H15ClN2O3S/c1-22-13-3-2-4-14(9-13)23-10-15(20)18-19-16(21)11-5-7-12(17)8-6-11/h2-9H,10H2,1H3,(H,18,20)(H,19,21). The Morgan fingerprint density at radius 2 is 1.87 bits per heavy atom. The van der Waals surface area contributed by atoms with E-state index < -0.39 is 5.91 Å². The van der Waals surface area contributed by atoms with E-state index in [4.69, 9.17) is 16.3 Å². The summed E-state index contributed by atoms with van der Waals surface area (Å²) < 4.78 is 5.12. The summed E-state index contributed by atoms with van der Waals surface area (Å²) in [5.41, 5.74) is 5.14. The Hall–Kier alpha value is -2.18. The monoisotopic (exact) mass is 350 g/mol. The van der Waals surface area contributed by atoms with Crippen molar-refractivity contribution in [3.63, 3.8) is 0 Å². The highest BCUT2D eigenvalue weighted by molar-refractivity contribution is 8.00. The molecule has 2 rings (SSSR count). The highest BCUT2D eigenvalue weighted by Gasteiger charge is 2.08. The Morgan fingerprint density at radius 1 is 1.13 bits per heavy atom. The van der Waals surface area contributed by atoms with Crippen LogP contribution < -0.4 is 15.6 Å². The zero-order valence-corrected chi connectivity index (χ0v) is 13.9. The van der Waals surface area contributed by atoms with Crippen LogP contribution in [-0.4, -0.2) is 24.7 Å². The van der Waals surface area contributed by atoms with Gasteiger partial charge in [0.15, 0.2) is 0 Å². The molecule has 2 aromatic rings. The van der Waals surface area contributed by atoms with Crippen LogP contribution in [0.3, 0.4) is 0 Å². The molecule has 2 N–H and O–H groups in total. The average molecular weight is 351 g/mol. The molecule has 0 atom stereocenters. The van der Waals surface area contributed by atoms with E-state index in [0.717, 1.165) is 10.6 Å². The third-order valence-electron chi connectivity index (χ3n) is 2.83. The summed E-state index contributed by atoms with van der Waals surface area (Å²) in [4.78, 5) is 24.5. The van der Waals surface area contributed by atoms with Crippen molar-refractivity contribution >= 4 is 35.2 Å². The molecule has 0 unspecified atom stereocenters. The second-order valence-electron chi connectivity index (χ2n) is 4.48. The van der Waals surface area contributed by atoms with Gasteiger partial charge in [-0.05, 0) is 42.5 Å². The van der Waals surface area contributed by atoms with Crippen molar-refractivity contribution in [2.24, 2.45) is 0 Å². The number of ether oxygens (including phenoxy) is 1. The second kappa shape index (κ2) is 8.45. The largest absolute Gasteiger partial charge is 0.497 e. The number of hydrogen-bond donors (Lipinski definition) is 2. The minimum absolute atomic E-state index is 0.175. The lowest BCUT2D eigenvalue weighted by Gasteiger charge is -2.08. The van der Waals surface area contributed by atoms with E-state index in [1.54, 1.807) is 31.4 Å². The maximum atomic E-state index is 11.8. The molecule has 0 heterocycles.